The molecule has 0 aliphatic heterocycles. The van der Waals surface area contributed by atoms with E-state index < -0.39 is 0 Å². The van der Waals surface area contributed by atoms with E-state index in [9.17, 15) is 0 Å². The first-order valence-electron chi connectivity index (χ1n) is 5.56. The Kier molecular flexibility index (Phi) is 4.29. The zero-order chi connectivity index (χ0) is 11.4. The number of thioether (sulfide) groups is 1. The molecule has 1 aromatic heterocycles. The van der Waals surface area contributed by atoms with Crippen LogP contribution in [0.15, 0.2) is 12.4 Å². The molecular weight excluding hydrogens is 242 g/mol. The Hall–Kier alpha value is -0.480. The molecule has 1 heterocycles. The lowest BCUT2D eigenvalue weighted by Gasteiger charge is -2.31. The van der Waals surface area contributed by atoms with Crippen molar-refractivity contribution in [2.24, 2.45) is 0 Å². The van der Waals surface area contributed by atoms with E-state index in [1.165, 1.54) is 32.0 Å². The first-order valence-corrected chi connectivity index (χ1v) is 7.23. The highest BCUT2D eigenvalue weighted by atomic mass is 35.5. The summed E-state index contributed by atoms with van der Waals surface area (Å²) in [5, 5.41) is 4.64. The van der Waals surface area contributed by atoms with Gasteiger partial charge in [0.15, 0.2) is 0 Å². The summed E-state index contributed by atoms with van der Waals surface area (Å²) in [6.45, 7) is 0. The Labute approximate surface area is 105 Å². The number of rotatable bonds is 3. The number of nitrogens with zero attached hydrogens (tertiary/aromatic N) is 2. The summed E-state index contributed by atoms with van der Waals surface area (Å²) in [6.07, 6.45) is 8.83. The van der Waals surface area contributed by atoms with Crippen molar-refractivity contribution in [2.45, 2.75) is 37.0 Å². The summed E-state index contributed by atoms with van der Waals surface area (Å²) in [4.78, 5) is 8.07. The van der Waals surface area contributed by atoms with E-state index >= 15 is 0 Å². The quantitative estimate of drug-likeness (QED) is 0.844. The molecule has 1 fully saturated rings. The average molecular weight is 258 g/mol. The summed E-state index contributed by atoms with van der Waals surface area (Å²) < 4.78 is 0. The molecule has 1 saturated carbocycles. The van der Waals surface area contributed by atoms with E-state index in [0.29, 0.717) is 16.4 Å². The molecule has 1 aliphatic carbocycles. The van der Waals surface area contributed by atoms with Gasteiger partial charge in [-0.3, -0.25) is 0 Å². The molecule has 0 spiro atoms. The van der Waals surface area contributed by atoms with Crippen molar-refractivity contribution in [3.8, 4) is 0 Å². The Morgan fingerprint density at radius 3 is 2.94 bits per heavy atom. The standard InChI is InChI=1S/C11H16ClN3S/c1-16-9-5-3-2-4-8(9)15-11-6-10(12)13-7-14-11/h6-9H,2-5H2,1H3,(H,13,14,15). The number of hydrogen-bond acceptors (Lipinski definition) is 4. The van der Waals surface area contributed by atoms with Crippen LogP contribution in [0, 0.1) is 0 Å². The number of nitrogens with one attached hydrogen (secondary N) is 1. The van der Waals surface area contributed by atoms with Gasteiger partial charge < -0.3 is 5.32 Å². The molecule has 3 nitrogen and oxygen atoms in total. The van der Waals surface area contributed by atoms with Gasteiger partial charge in [-0.25, -0.2) is 9.97 Å². The fourth-order valence-electron chi connectivity index (χ4n) is 2.15. The van der Waals surface area contributed by atoms with Crippen LogP contribution in [0.5, 0.6) is 0 Å². The summed E-state index contributed by atoms with van der Waals surface area (Å²) in [7, 11) is 0. The van der Waals surface area contributed by atoms with Gasteiger partial charge in [0, 0.05) is 17.4 Å². The Morgan fingerprint density at radius 2 is 2.19 bits per heavy atom. The second-order valence-electron chi connectivity index (χ2n) is 4.04. The molecule has 5 heteroatoms. The lowest BCUT2D eigenvalue weighted by Crippen LogP contribution is -2.34. The van der Waals surface area contributed by atoms with Crippen molar-refractivity contribution in [3.63, 3.8) is 0 Å². The van der Waals surface area contributed by atoms with Crippen molar-refractivity contribution in [3.05, 3.63) is 17.5 Å². The van der Waals surface area contributed by atoms with E-state index in [0.717, 1.165) is 5.82 Å². The Balaban J connectivity index is 2.02. The van der Waals surface area contributed by atoms with Gasteiger partial charge in [0.2, 0.25) is 0 Å². The smallest absolute Gasteiger partial charge is 0.134 e. The van der Waals surface area contributed by atoms with Gasteiger partial charge in [0.25, 0.3) is 0 Å². The van der Waals surface area contributed by atoms with Crippen LogP contribution < -0.4 is 5.32 Å². The van der Waals surface area contributed by atoms with Crippen LogP contribution in [0.2, 0.25) is 5.15 Å². The van der Waals surface area contributed by atoms with Gasteiger partial charge >= 0.3 is 0 Å². The molecule has 1 aromatic rings. The fraction of sp³-hybridized carbons (Fsp3) is 0.636. The van der Waals surface area contributed by atoms with Crippen LogP contribution in [-0.2, 0) is 0 Å². The predicted octanol–water partition coefficient (Wildman–Crippen LogP) is 3.22. The molecule has 0 bridgehead atoms. The van der Waals surface area contributed by atoms with Crippen molar-refractivity contribution >= 4 is 29.2 Å². The second kappa shape index (κ2) is 5.73. The van der Waals surface area contributed by atoms with E-state index in [1.54, 1.807) is 6.07 Å². The maximum absolute atomic E-state index is 5.84. The molecule has 2 atom stereocenters. The lowest BCUT2D eigenvalue weighted by molar-refractivity contribution is 0.474. The zero-order valence-corrected chi connectivity index (χ0v) is 10.9. The van der Waals surface area contributed by atoms with Crippen molar-refractivity contribution in [2.75, 3.05) is 11.6 Å². The minimum atomic E-state index is 0.494. The van der Waals surface area contributed by atoms with Crippen molar-refractivity contribution in [1.82, 2.24) is 9.97 Å². The summed E-state index contributed by atoms with van der Waals surface area (Å²) in [5.41, 5.74) is 0. The van der Waals surface area contributed by atoms with Gasteiger partial charge in [-0.05, 0) is 19.1 Å². The van der Waals surface area contributed by atoms with E-state index in [-0.39, 0.29) is 0 Å². The molecule has 0 amide bonds. The summed E-state index contributed by atoms with van der Waals surface area (Å²) >= 11 is 7.77. The van der Waals surface area contributed by atoms with E-state index in [2.05, 4.69) is 21.5 Å². The van der Waals surface area contributed by atoms with Crippen LogP contribution in [0.3, 0.4) is 0 Å². The molecule has 0 aromatic carbocycles. The second-order valence-corrected chi connectivity index (χ2v) is 5.50. The third kappa shape index (κ3) is 3.01. The van der Waals surface area contributed by atoms with Gasteiger partial charge in [0.05, 0.1) is 0 Å². The molecule has 1 aliphatic rings. The molecule has 88 valence electrons. The van der Waals surface area contributed by atoms with Crippen LogP contribution in [-0.4, -0.2) is 27.5 Å². The molecule has 2 unspecified atom stereocenters. The number of anilines is 1. The first kappa shape index (κ1) is 12.0. The zero-order valence-electron chi connectivity index (χ0n) is 9.32. The lowest BCUT2D eigenvalue weighted by atomic mass is 9.95. The minimum Gasteiger partial charge on any atom is -0.366 e. The van der Waals surface area contributed by atoms with Gasteiger partial charge in [-0.2, -0.15) is 11.8 Å². The van der Waals surface area contributed by atoms with Crippen molar-refractivity contribution < 1.29 is 0 Å². The summed E-state index contributed by atoms with van der Waals surface area (Å²) in [6, 6.07) is 2.29. The number of halogens is 1. The maximum atomic E-state index is 5.84. The molecule has 2 rings (SSSR count). The normalized spacial score (nSPS) is 25.4. The maximum Gasteiger partial charge on any atom is 0.134 e. The van der Waals surface area contributed by atoms with Gasteiger partial charge in [-0.15, -0.1) is 0 Å². The largest absolute Gasteiger partial charge is 0.366 e. The number of hydrogen-bond donors (Lipinski definition) is 1. The predicted molar refractivity (Wildman–Crippen MR) is 70.2 cm³/mol. The van der Waals surface area contributed by atoms with E-state index in [1.807, 2.05) is 11.8 Å². The van der Waals surface area contributed by atoms with Crippen LogP contribution in [0.1, 0.15) is 25.7 Å². The average Bonchev–Trinajstić information content (AvgIpc) is 2.30. The third-order valence-corrected chi connectivity index (χ3v) is 4.35. The van der Waals surface area contributed by atoms with E-state index in [4.69, 9.17) is 11.6 Å². The van der Waals surface area contributed by atoms with Gasteiger partial charge in [-0.1, -0.05) is 24.4 Å². The Morgan fingerprint density at radius 1 is 1.38 bits per heavy atom. The summed E-state index contributed by atoms with van der Waals surface area (Å²) in [5.74, 6) is 0.839. The molecule has 1 N–H and O–H groups in total. The highest BCUT2D eigenvalue weighted by Gasteiger charge is 2.24. The van der Waals surface area contributed by atoms with Crippen LogP contribution >= 0.6 is 23.4 Å². The van der Waals surface area contributed by atoms with Crippen molar-refractivity contribution in [1.29, 1.82) is 0 Å². The van der Waals surface area contributed by atoms with Crippen LogP contribution in [0.4, 0.5) is 5.82 Å². The first-order chi connectivity index (χ1) is 7.79. The molecule has 0 radical (unpaired) electrons. The van der Waals surface area contributed by atoms with Gasteiger partial charge in [0.1, 0.15) is 17.3 Å². The highest BCUT2D eigenvalue weighted by molar-refractivity contribution is 7.99. The Bertz CT molecular complexity index is 348. The third-order valence-electron chi connectivity index (χ3n) is 2.97. The highest BCUT2D eigenvalue weighted by Crippen LogP contribution is 2.29. The monoisotopic (exact) mass is 257 g/mol. The van der Waals surface area contributed by atoms with Crippen LogP contribution in [0.25, 0.3) is 0 Å². The topological polar surface area (TPSA) is 37.8 Å². The minimum absolute atomic E-state index is 0.494. The molecular formula is C11H16ClN3S. The molecule has 0 saturated heterocycles. The molecule has 16 heavy (non-hydrogen) atoms. The number of aromatic nitrogens is 2. The fourth-order valence-corrected chi connectivity index (χ4v) is 3.23. The SMILES string of the molecule is CSC1CCCCC1Nc1cc(Cl)ncn1.